The second-order valence-electron chi connectivity index (χ2n) is 5.11. The number of imidazole rings is 1. The summed E-state index contributed by atoms with van der Waals surface area (Å²) >= 11 is 0. The standard InChI is InChI=1S/C15H18FN3/c1-2-9-19-14(17)13(18-15(19)10-7-8-10)11-5-3-4-6-12(11)16/h3-6,10H,2,7-9,17H2,1H3. The lowest BCUT2D eigenvalue weighted by Gasteiger charge is -2.07. The van der Waals surface area contributed by atoms with Crippen LogP contribution in [0.2, 0.25) is 0 Å². The van der Waals surface area contributed by atoms with Gasteiger partial charge in [0.15, 0.2) is 0 Å². The smallest absolute Gasteiger partial charge is 0.132 e. The predicted octanol–water partition coefficient (Wildman–Crippen LogP) is 3.56. The van der Waals surface area contributed by atoms with Gasteiger partial charge in [-0.2, -0.15) is 0 Å². The molecule has 1 aliphatic rings. The summed E-state index contributed by atoms with van der Waals surface area (Å²) in [6, 6.07) is 6.68. The molecule has 0 atom stereocenters. The molecule has 19 heavy (non-hydrogen) atoms. The van der Waals surface area contributed by atoms with Gasteiger partial charge in [0, 0.05) is 18.0 Å². The molecule has 0 amide bonds. The number of benzene rings is 1. The first-order valence-corrected chi connectivity index (χ1v) is 6.83. The molecule has 1 fully saturated rings. The molecular weight excluding hydrogens is 241 g/mol. The van der Waals surface area contributed by atoms with E-state index in [4.69, 9.17) is 5.73 Å². The van der Waals surface area contributed by atoms with Gasteiger partial charge < -0.3 is 10.3 Å². The normalized spacial score (nSPS) is 14.8. The molecule has 0 radical (unpaired) electrons. The summed E-state index contributed by atoms with van der Waals surface area (Å²) in [5.74, 6) is 1.86. The number of aromatic nitrogens is 2. The van der Waals surface area contributed by atoms with Gasteiger partial charge in [-0.25, -0.2) is 9.37 Å². The quantitative estimate of drug-likeness (QED) is 0.912. The average molecular weight is 259 g/mol. The van der Waals surface area contributed by atoms with E-state index in [0.717, 1.165) is 31.6 Å². The van der Waals surface area contributed by atoms with E-state index in [9.17, 15) is 4.39 Å². The number of rotatable bonds is 4. The van der Waals surface area contributed by atoms with Crippen LogP contribution in [0.25, 0.3) is 11.3 Å². The summed E-state index contributed by atoms with van der Waals surface area (Å²) in [6.45, 7) is 2.96. The van der Waals surface area contributed by atoms with Gasteiger partial charge in [0.2, 0.25) is 0 Å². The third-order valence-corrected chi connectivity index (χ3v) is 3.56. The van der Waals surface area contributed by atoms with Gasteiger partial charge in [-0.15, -0.1) is 0 Å². The van der Waals surface area contributed by atoms with E-state index in [1.54, 1.807) is 12.1 Å². The second kappa shape index (κ2) is 4.68. The van der Waals surface area contributed by atoms with Crippen LogP contribution in [0, 0.1) is 5.82 Å². The van der Waals surface area contributed by atoms with E-state index in [1.807, 2.05) is 6.07 Å². The van der Waals surface area contributed by atoms with Gasteiger partial charge >= 0.3 is 0 Å². The third-order valence-electron chi connectivity index (χ3n) is 3.56. The highest BCUT2D eigenvalue weighted by Crippen LogP contribution is 2.42. The van der Waals surface area contributed by atoms with Crippen LogP contribution in [0.3, 0.4) is 0 Å². The predicted molar refractivity (Wildman–Crippen MR) is 74.3 cm³/mol. The lowest BCUT2D eigenvalue weighted by atomic mass is 10.1. The van der Waals surface area contributed by atoms with Gasteiger partial charge in [0.25, 0.3) is 0 Å². The molecule has 3 rings (SSSR count). The number of halogens is 1. The second-order valence-corrected chi connectivity index (χ2v) is 5.11. The van der Waals surface area contributed by atoms with Crippen molar-refractivity contribution >= 4 is 5.82 Å². The molecule has 1 aliphatic carbocycles. The minimum absolute atomic E-state index is 0.266. The van der Waals surface area contributed by atoms with E-state index < -0.39 is 0 Å². The van der Waals surface area contributed by atoms with Crippen LogP contribution in [-0.4, -0.2) is 9.55 Å². The first-order chi connectivity index (χ1) is 9.22. The monoisotopic (exact) mass is 259 g/mol. The van der Waals surface area contributed by atoms with Crippen molar-refractivity contribution in [3.05, 3.63) is 35.9 Å². The van der Waals surface area contributed by atoms with Crippen molar-refractivity contribution in [2.24, 2.45) is 0 Å². The van der Waals surface area contributed by atoms with Crippen LogP contribution in [0.1, 0.15) is 37.9 Å². The highest BCUT2D eigenvalue weighted by atomic mass is 19.1. The Morgan fingerprint density at radius 1 is 1.37 bits per heavy atom. The summed E-state index contributed by atoms with van der Waals surface area (Å²) in [5.41, 5.74) is 7.28. The molecule has 0 spiro atoms. The van der Waals surface area contributed by atoms with Crippen molar-refractivity contribution in [3.63, 3.8) is 0 Å². The Morgan fingerprint density at radius 3 is 2.74 bits per heavy atom. The molecule has 1 saturated carbocycles. The Morgan fingerprint density at radius 2 is 2.11 bits per heavy atom. The maximum atomic E-state index is 13.9. The van der Waals surface area contributed by atoms with Crippen LogP contribution in [-0.2, 0) is 6.54 Å². The van der Waals surface area contributed by atoms with Crippen LogP contribution in [0.4, 0.5) is 10.2 Å². The Bertz CT molecular complexity index is 599. The fourth-order valence-corrected chi connectivity index (χ4v) is 2.45. The maximum absolute atomic E-state index is 13.9. The molecule has 2 N–H and O–H groups in total. The fraction of sp³-hybridized carbons (Fsp3) is 0.400. The fourth-order valence-electron chi connectivity index (χ4n) is 2.45. The first-order valence-electron chi connectivity index (χ1n) is 6.83. The summed E-state index contributed by atoms with van der Waals surface area (Å²) < 4.78 is 15.9. The molecule has 1 aromatic carbocycles. The molecule has 1 heterocycles. The molecule has 4 heteroatoms. The maximum Gasteiger partial charge on any atom is 0.132 e. The van der Waals surface area contributed by atoms with Crippen molar-refractivity contribution in [2.75, 3.05) is 5.73 Å². The van der Waals surface area contributed by atoms with E-state index in [2.05, 4.69) is 16.5 Å². The number of nitrogens with zero attached hydrogens (tertiary/aromatic N) is 2. The molecule has 100 valence electrons. The van der Waals surface area contributed by atoms with Crippen molar-refractivity contribution in [1.29, 1.82) is 0 Å². The lowest BCUT2D eigenvalue weighted by molar-refractivity contribution is 0.631. The summed E-state index contributed by atoms with van der Waals surface area (Å²) in [4.78, 5) is 4.62. The van der Waals surface area contributed by atoms with Crippen LogP contribution < -0.4 is 5.73 Å². The molecule has 2 aromatic rings. The highest BCUT2D eigenvalue weighted by molar-refractivity contribution is 5.71. The number of hydrogen-bond acceptors (Lipinski definition) is 2. The Balaban J connectivity index is 2.12. The van der Waals surface area contributed by atoms with Gasteiger partial charge in [0.05, 0.1) is 0 Å². The molecule has 0 aliphatic heterocycles. The Hall–Kier alpha value is -1.84. The van der Waals surface area contributed by atoms with E-state index in [1.165, 1.54) is 6.07 Å². The topological polar surface area (TPSA) is 43.8 Å². The van der Waals surface area contributed by atoms with Crippen LogP contribution in [0.15, 0.2) is 24.3 Å². The minimum atomic E-state index is -0.266. The SMILES string of the molecule is CCCn1c(C2CC2)nc(-c2ccccc2F)c1N. The molecular formula is C15H18FN3. The van der Waals surface area contributed by atoms with Gasteiger partial charge in [-0.05, 0) is 31.4 Å². The zero-order valence-electron chi connectivity index (χ0n) is 11.1. The van der Waals surface area contributed by atoms with Crippen molar-refractivity contribution in [2.45, 2.75) is 38.6 Å². The molecule has 0 unspecified atom stereocenters. The van der Waals surface area contributed by atoms with Crippen LogP contribution in [0.5, 0.6) is 0 Å². The van der Waals surface area contributed by atoms with Crippen molar-refractivity contribution < 1.29 is 4.39 Å². The van der Waals surface area contributed by atoms with Crippen molar-refractivity contribution in [1.82, 2.24) is 9.55 Å². The highest BCUT2D eigenvalue weighted by Gasteiger charge is 2.31. The molecule has 1 aromatic heterocycles. The van der Waals surface area contributed by atoms with Crippen LogP contribution >= 0.6 is 0 Å². The summed E-state index contributed by atoms with van der Waals surface area (Å²) in [7, 11) is 0. The van der Waals surface area contributed by atoms with E-state index in [-0.39, 0.29) is 5.82 Å². The molecule has 0 bridgehead atoms. The first kappa shape index (κ1) is 12.2. The zero-order valence-corrected chi connectivity index (χ0v) is 11.1. The summed E-state index contributed by atoms with van der Waals surface area (Å²) in [5, 5.41) is 0. The zero-order chi connectivity index (χ0) is 13.4. The average Bonchev–Trinajstić information content (AvgIpc) is 3.19. The number of anilines is 1. The number of nitrogens with two attached hydrogens (primary N) is 1. The Labute approximate surface area is 112 Å². The van der Waals surface area contributed by atoms with Gasteiger partial charge in [0.1, 0.15) is 23.2 Å². The van der Waals surface area contributed by atoms with Gasteiger partial charge in [-0.3, -0.25) is 0 Å². The molecule has 0 saturated heterocycles. The lowest BCUT2D eigenvalue weighted by Crippen LogP contribution is -2.06. The van der Waals surface area contributed by atoms with E-state index in [0.29, 0.717) is 23.0 Å². The Kier molecular flexibility index (Phi) is 3.01. The molecule has 3 nitrogen and oxygen atoms in total. The van der Waals surface area contributed by atoms with Crippen molar-refractivity contribution in [3.8, 4) is 11.3 Å². The van der Waals surface area contributed by atoms with Gasteiger partial charge in [-0.1, -0.05) is 19.1 Å². The third kappa shape index (κ3) is 2.11. The number of hydrogen-bond donors (Lipinski definition) is 1. The largest absolute Gasteiger partial charge is 0.383 e. The van der Waals surface area contributed by atoms with E-state index >= 15 is 0 Å². The minimum Gasteiger partial charge on any atom is -0.383 e. The number of nitrogen functional groups attached to an aromatic ring is 1. The summed E-state index contributed by atoms with van der Waals surface area (Å²) in [6.07, 6.45) is 3.32.